The van der Waals surface area contributed by atoms with Crippen LogP contribution in [0.15, 0.2) is 52.4 Å². The number of aromatic nitrogens is 2. The molecule has 0 aliphatic carbocycles. The van der Waals surface area contributed by atoms with Gasteiger partial charge < -0.3 is 5.32 Å². The SMILES string of the molecule is CCNC(=O)[C@H](C)Sc1nc2ccccc2c(=O)n1-c1ccc(C)c(C)c1. The topological polar surface area (TPSA) is 64.0 Å². The van der Waals surface area contributed by atoms with Crippen molar-refractivity contribution in [2.45, 2.75) is 38.1 Å². The number of nitrogens with one attached hydrogen (secondary N) is 1. The number of carbonyl (C=O) groups excluding carboxylic acids is 1. The van der Waals surface area contributed by atoms with Gasteiger partial charge >= 0.3 is 0 Å². The molecule has 0 spiro atoms. The van der Waals surface area contributed by atoms with Gasteiger partial charge in [-0.05, 0) is 63.1 Å². The highest BCUT2D eigenvalue weighted by Crippen LogP contribution is 2.26. The minimum absolute atomic E-state index is 0.0726. The molecule has 5 nitrogen and oxygen atoms in total. The number of hydrogen-bond donors (Lipinski definition) is 1. The number of fused-ring (bicyclic) bond motifs is 1. The molecule has 3 aromatic rings. The van der Waals surface area contributed by atoms with Crippen LogP contribution in [0.1, 0.15) is 25.0 Å². The fraction of sp³-hybridized carbons (Fsp3) is 0.286. The van der Waals surface area contributed by atoms with Crippen molar-refractivity contribution >= 4 is 28.6 Å². The molecule has 27 heavy (non-hydrogen) atoms. The van der Waals surface area contributed by atoms with Crippen LogP contribution in [0.25, 0.3) is 16.6 Å². The van der Waals surface area contributed by atoms with Crippen LogP contribution < -0.4 is 10.9 Å². The Morgan fingerprint density at radius 3 is 2.63 bits per heavy atom. The van der Waals surface area contributed by atoms with Crippen LogP contribution in [0.2, 0.25) is 0 Å². The number of thioether (sulfide) groups is 1. The van der Waals surface area contributed by atoms with Gasteiger partial charge in [0.2, 0.25) is 5.91 Å². The third-order valence-electron chi connectivity index (χ3n) is 4.50. The molecule has 0 fully saturated rings. The van der Waals surface area contributed by atoms with Crippen molar-refractivity contribution in [1.82, 2.24) is 14.9 Å². The molecule has 140 valence electrons. The Bertz CT molecular complexity index is 1060. The minimum atomic E-state index is -0.365. The Morgan fingerprint density at radius 2 is 1.93 bits per heavy atom. The third kappa shape index (κ3) is 3.90. The number of hydrogen-bond acceptors (Lipinski definition) is 4. The van der Waals surface area contributed by atoms with E-state index in [1.807, 2.05) is 64.1 Å². The van der Waals surface area contributed by atoms with E-state index < -0.39 is 0 Å². The van der Waals surface area contributed by atoms with Gasteiger partial charge in [-0.15, -0.1) is 0 Å². The fourth-order valence-electron chi connectivity index (χ4n) is 2.81. The molecule has 0 aliphatic heterocycles. The van der Waals surface area contributed by atoms with Gasteiger partial charge in [-0.25, -0.2) is 4.98 Å². The molecular formula is C21H23N3O2S. The van der Waals surface area contributed by atoms with Gasteiger partial charge in [-0.1, -0.05) is 30.0 Å². The highest BCUT2D eigenvalue weighted by Gasteiger charge is 2.20. The van der Waals surface area contributed by atoms with Crippen LogP contribution in [0.3, 0.4) is 0 Å². The predicted molar refractivity (Wildman–Crippen MR) is 111 cm³/mol. The molecule has 3 rings (SSSR count). The lowest BCUT2D eigenvalue weighted by Gasteiger charge is -2.17. The normalized spacial score (nSPS) is 12.1. The number of para-hydroxylation sites is 1. The molecule has 0 unspecified atom stereocenters. The van der Waals surface area contributed by atoms with Crippen molar-refractivity contribution < 1.29 is 4.79 Å². The Hall–Kier alpha value is -2.60. The summed E-state index contributed by atoms with van der Waals surface area (Å²) < 4.78 is 1.61. The van der Waals surface area contributed by atoms with E-state index in [2.05, 4.69) is 5.32 Å². The van der Waals surface area contributed by atoms with E-state index in [-0.39, 0.29) is 16.7 Å². The summed E-state index contributed by atoms with van der Waals surface area (Å²) in [5, 5.41) is 3.53. The zero-order valence-corrected chi connectivity index (χ0v) is 16.8. The number of amides is 1. The molecular weight excluding hydrogens is 358 g/mol. The van der Waals surface area contributed by atoms with E-state index in [9.17, 15) is 9.59 Å². The molecule has 0 saturated heterocycles. The minimum Gasteiger partial charge on any atom is -0.355 e. The summed E-state index contributed by atoms with van der Waals surface area (Å²) in [6, 6.07) is 13.2. The summed E-state index contributed by atoms with van der Waals surface area (Å²) in [5.41, 5.74) is 3.51. The zero-order chi connectivity index (χ0) is 19.6. The number of nitrogens with zero attached hydrogens (tertiary/aromatic N) is 2. The molecule has 1 atom stereocenters. The lowest BCUT2D eigenvalue weighted by Crippen LogP contribution is -2.31. The monoisotopic (exact) mass is 381 g/mol. The predicted octanol–water partition coefficient (Wildman–Crippen LogP) is 3.62. The van der Waals surface area contributed by atoms with Gasteiger partial charge in [0.25, 0.3) is 5.56 Å². The van der Waals surface area contributed by atoms with E-state index in [1.54, 1.807) is 10.6 Å². The van der Waals surface area contributed by atoms with Crippen molar-refractivity contribution in [1.29, 1.82) is 0 Å². The molecule has 1 heterocycles. The standard InChI is InChI=1S/C21H23N3O2S/c1-5-22-19(25)15(4)27-21-23-18-9-7-6-8-17(18)20(26)24(21)16-11-10-13(2)14(3)12-16/h6-12,15H,5H2,1-4H3,(H,22,25)/t15-/m0/s1. The first-order valence-electron chi connectivity index (χ1n) is 8.96. The molecule has 0 bridgehead atoms. The van der Waals surface area contributed by atoms with Crippen LogP contribution in [-0.2, 0) is 4.79 Å². The molecule has 1 aromatic heterocycles. The third-order valence-corrected chi connectivity index (χ3v) is 5.55. The highest BCUT2D eigenvalue weighted by atomic mass is 32.2. The summed E-state index contributed by atoms with van der Waals surface area (Å²) in [7, 11) is 0. The van der Waals surface area contributed by atoms with Gasteiger partial charge in [-0.3, -0.25) is 14.2 Å². The second-order valence-corrected chi connectivity index (χ2v) is 7.78. The van der Waals surface area contributed by atoms with Crippen LogP contribution in [0, 0.1) is 13.8 Å². The van der Waals surface area contributed by atoms with Crippen LogP contribution in [-0.4, -0.2) is 27.3 Å². The number of aryl methyl sites for hydroxylation is 2. The largest absolute Gasteiger partial charge is 0.355 e. The van der Waals surface area contributed by atoms with Gasteiger partial charge in [0.1, 0.15) is 0 Å². The van der Waals surface area contributed by atoms with E-state index in [4.69, 9.17) is 4.98 Å². The number of rotatable bonds is 5. The lowest BCUT2D eigenvalue weighted by atomic mass is 10.1. The molecule has 1 N–H and O–H groups in total. The first kappa shape index (κ1) is 19.2. The highest BCUT2D eigenvalue weighted by molar-refractivity contribution is 8.00. The Morgan fingerprint density at radius 1 is 1.19 bits per heavy atom. The van der Waals surface area contributed by atoms with Crippen LogP contribution in [0.5, 0.6) is 0 Å². The van der Waals surface area contributed by atoms with Crippen LogP contribution in [0.4, 0.5) is 0 Å². The zero-order valence-electron chi connectivity index (χ0n) is 15.9. The first-order chi connectivity index (χ1) is 12.9. The summed E-state index contributed by atoms with van der Waals surface area (Å²) in [6.45, 7) is 8.32. The van der Waals surface area contributed by atoms with Gasteiger partial charge in [0.05, 0.1) is 21.8 Å². The van der Waals surface area contributed by atoms with Crippen molar-refractivity contribution in [2.24, 2.45) is 0 Å². The lowest BCUT2D eigenvalue weighted by molar-refractivity contribution is -0.120. The Kier molecular flexibility index (Phi) is 5.65. The summed E-state index contributed by atoms with van der Waals surface area (Å²) in [4.78, 5) is 30.1. The molecule has 0 saturated carbocycles. The fourth-order valence-corrected chi connectivity index (χ4v) is 3.76. The quantitative estimate of drug-likeness (QED) is 0.542. The first-order valence-corrected chi connectivity index (χ1v) is 9.84. The van der Waals surface area contributed by atoms with Crippen molar-refractivity contribution in [3.05, 3.63) is 63.9 Å². The molecule has 6 heteroatoms. The second kappa shape index (κ2) is 7.96. The van der Waals surface area contributed by atoms with Crippen molar-refractivity contribution in [2.75, 3.05) is 6.54 Å². The maximum Gasteiger partial charge on any atom is 0.266 e. The Balaban J connectivity index is 2.19. The van der Waals surface area contributed by atoms with Crippen molar-refractivity contribution in [3.63, 3.8) is 0 Å². The smallest absolute Gasteiger partial charge is 0.266 e. The van der Waals surface area contributed by atoms with Gasteiger partial charge in [-0.2, -0.15) is 0 Å². The summed E-state index contributed by atoms with van der Waals surface area (Å²) in [6.07, 6.45) is 0. The molecule has 0 radical (unpaired) electrons. The van der Waals surface area contributed by atoms with Gasteiger partial charge in [0.15, 0.2) is 5.16 Å². The number of carbonyl (C=O) groups is 1. The second-order valence-electron chi connectivity index (χ2n) is 6.48. The van der Waals surface area contributed by atoms with Crippen molar-refractivity contribution in [3.8, 4) is 5.69 Å². The number of benzene rings is 2. The van der Waals surface area contributed by atoms with Crippen LogP contribution >= 0.6 is 11.8 Å². The van der Waals surface area contributed by atoms with E-state index >= 15 is 0 Å². The average molecular weight is 382 g/mol. The van der Waals surface area contributed by atoms with E-state index in [0.717, 1.165) is 16.8 Å². The van der Waals surface area contributed by atoms with E-state index in [0.29, 0.717) is 22.6 Å². The Labute approximate surface area is 162 Å². The molecule has 0 aliphatic rings. The molecule has 2 aromatic carbocycles. The van der Waals surface area contributed by atoms with E-state index in [1.165, 1.54) is 11.8 Å². The van der Waals surface area contributed by atoms with Gasteiger partial charge in [0, 0.05) is 6.54 Å². The maximum atomic E-state index is 13.2. The maximum absolute atomic E-state index is 13.2. The molecule has 1 amide bonds. The summed E-state index contributed by atoms with van der Waals surface area (Å²) >= 11 is 1.29. The summed E-state index contributed by atoms with van der Waals surface area (Å²) in [5.74, 6) is -0.0726. The average Bonchev–Trinajstić information content (AvgIpc) is 2.65.